The van der Waals surface area contributed by atoms with E-state index < -0.39 is 0 Å². The third-order valence-corrected chi connectivity index (χ3v) is 4.82. The van der Waals surface area contributed by atoms with Gasteiger partial charge in [0.25, 0.3) is 5.91 Å². The summed E-state index contributed by atoms with van der Waals surface area (Å²) >= 11 is 6.17. The van der Waals surface area contributed by atoms with Crippen molar-refractivity contribution in [1.82, 2.24) is 5.32 Å². The standard InChI is InChI=1S/C18H25ClN2O3/c1-3-24-18(23)14-8-10-21(11-9-14)12-17(22)20-13(2)15-6-4-5-7-16(15)19/h4-7,13-14H,3,8-12H2,1-2H3,(H,20,22)/p+1/t13-/m0/s1. The number of carbonyl (C=O) groups is 2. The number of nitrogens with one attached hydrogen (secondary N) is 2. The van der Waals surface area contributed by atoms with Crippen molar-refractivity contribution in [2.75, 3.05) is 26.2 Å². The molecular formula is C18H26ClN2O3+. The number of likely N-dealkylation sites (tertiary alicyclic amines) is 1. The molecule has 1 fully saturated rings. The zero-order chi connectivity index (χ0) is 17.5. The van der Waals surface area contributed by atoms with E-state index in [2.05, 4.69) is 5.32 Å². The lowest BCUT2D eigenvalue weighted by atomic mass is 9.97. The van der Waals surface area contributed by atoms with E-state index in [1.165, 1.54) is 4.90 Å². The van der Waals surface area contributed by atoms with Crippen molar-refractivity contribution in [1.29, 1.82) is 0 Å². The molecule has 0 bridgehead atoms. The molecule has 2 N–H and O–H groups in total. The first-order chi connectivity index (χ1) is 11.5. The van der Waals surface area contributed by atoms with E-state index >= 15 is 0 Å². The molecule has 0 aromatic heterocycles. The predicted octanol–water partition coefficient (Wildman–Crippen LogP) is 1.38. The fraction of sp³-hybridized carbons (Fsp3) is 0.556. The van der Waals surface area contributed by atoms with Crippen LogP contribution in [0.1, 0.15) is 38.3 Å². The van der Waals surface area contributed by atoms with Crippen LogP contribution in [0.25, 0.3) is 0 Å². The van der Waals surface area contributed by atoms with Gasteiger partial charge in [0.15, 0.2) is 6.54 Å². The van der Waals surface area contributed by atoms with Crippen LogP contribution in [-0.2, 0) is 14.3 Å². The van der Waals surface area contributed by atoms with Gasteiger partial charge in [-0.2, -0.15) is 0 Å². The first-order valence-corrected chi connectivity index (χ1v) is 8.93. The Bertz CT molecular complexity index is 571. The molecule has 1 amide bonds. The fourth-order valence-corrected chi connectivity index (χ4v) is 3.42. The van der Waals surface area contributed by atoms with Crippen LogP contribution in [0.4, 0.5) is 0 Å². The second kappa shape index (κ2) is 9.04. The van der Waals surface area contributed by atoms with Crippen molar-refractivity contribution in [3.05, 3.63) is 34.9 Å². The van der Waals surface area contributed by atoms with E-state index in [1.807, 2.05) is 38.1 Å². The minimum absolute atomic E-state index is 0.00649. The molecule has 5 nitrogen and oxygen atoms in total. The lowest BCUT2D eigenvalue weighted by Crippen LogP contribution is -3.14. The third kappa shape index (κ3) is 5.21. The van der Waals surface area contributed by atoms with Gasteiger partial charge in [-0.15, -0.1) is 0 Å². The lowest BCUT2D eigenvalue weighted by Gasteiger charge is -2.28. The molecular weight excluding hydrogens is 328 g/mol. The molecule has 6 heteroatoms. The molecule has 1 aliphatic rings. The Kier molecular flexibility index (Phi) is 7.06. The highest BCUT2D eigenvalue weighted by Crippen LogP contribution is 2.21. The van der Waals surface area contributed by atoms with Gasteiger partial charge in [-0.1, -0.05) is 29.8 Å². The van der Waals surface area contributed by atoms with Crippen molar-refractivity contribution in [3.63, 3.8) is 0 Å². The number of amides is 1. The maximum Gasteiger partial charge on any atom is 0.309 e. The highest BCUT2D eigenvalue weighted by molar-refractivity contribution is 6.31. The van der Waals surface area contributed by atoms with Crippen LogP contribution in [0.3, 0.4) is 0 Å². The van der Waals surface area contributed by atoms with Crippen LogP contribution in [0.2, 0.25) is 5.02 Å². The van der Waals surface area contributed by atoms with E-state index in [0.717, 1.165) is 31.5 Å². The molecule has 0 spiro atoms. The van der Waals surface area contributed by atoms with Crippen LogP contribution in [0.15, 0.2) is 24.3 Å². The molecule has 1 atom stereocenters. The van der Waals surface area contributed by atoms with Gasteiger partial charge in [-0.25, -0.2) is 0 Å². The summed E-state index contributed by atoms with van der Waals surface area (Å²) in [6, 6.07) is 7.41. The summed E-state index contributed by atoms with van der Waals surface area (Å²) in [5.41, 5.74) is 0.920. The minimum atomic E-state index is -0.123. The van der Waals surface area contributed by atoms with Crippen LogP contribution in [0, 0.1) is 5.92 Å². The molecule has 2 rings (SSSR count). The number of piperidine rings is 1. The van der Waals surface area contributed by atoms with Crippen molar-refractivity contribution in [2.24, 2.45) is 5.92 Å². The van der Waals surface area contributed by atoms with Crippen molar-refractivity contribution in [3.8, 4) is 0 Å². The maximum atomic E-state index is 12.3. The molecule has 1 saturated heterocycles. The number of esters is 1. The van der Waals surface area contributed by atoms with E-state index in [1.54, 1.807) is 0 Å². The SMILES string of the molecule is CCOC(=O)C1CC[NH+](CC(=O)N[C@@H](C)c2ccccc2Cl)CC1. The highest BCUT2D eigenvalue weighted by Gasteiger charge is 2.29. The zero-order valence-corrected chi connectivity index (χ0v) is 15.1. The molecule has 1 heterocycles. The van der Waals surface area contributed by atoms with E-state index in [-0.39, 0.29) is 23.8 Å². The summed E-state index contributed by atoms with van der Waals surface area (Å²) in [7, 11) is 0. The molecule has 1 aliphatic heterocycles. The summed E-state index contributed by atoms with van der Waals surface area (Å²) in [6.07, 6.45) is 1.56. The fourth-order valence-electron chi connectivity index (χ4n) is 3.12. The second-order valence-corrected chi connectivity index (χ2v) is 6.67. The average molecular weight is 354 g/mol. The number of hydrogen-bond donors (Lipinski definition) is 2. The van der Waals surface area contributed by atoms with Gasteiger partial charge in [0, 0.05) is 17.9 Å². The topological polar surface area (TPSA) is 59.8 Å². The first-order valence-electron chi connectivity index (χ1n) is 8.55. The van der Waals surface area contributed by atoms with Gasteiger partial charge < -0.3 is 15.0 Å². The number of carbonyl (C=O) groups excluding carboxylic acids is 2. The molecule has 0 saturated carbocycles. The summed E-state index contributed by atoms with van der Waals surface area (Å²) in [5.74, 6) is -0.112. The van der Waals surface area contributed by atoms with Crippen LogP contribution in [0.5, 0.6) is 0 Å². The number of benzene rings is 1. The molecule has 0 aliphatic carbocycles. The Morgan fingerprint density at radius 1 is 1.33 bits per heavy atom. The van der Waals surface area contributed by atoms with E-state index in [0.29, 0.717) is 18.2 Å². The minimum Gasteiger partial charge on any atom is -0.466 e. The lowest BCUT2D eigenvalue weighted by molar-refractivity contribution is -0.897. The average Bonchev–Trinajstić information content (AvgIpc) is 2.56. The van der Waals surface area contributed by atoms with Crippen molar-refractivity contribution >= 4 is 23.5 Å². The van der Waals surface area contributed by atoms with Crippen molar-refractivity contribution < 1.29 is 19.2 Å². The Labute approximate surface area is 148 Å². The van der Waals surface area contributed by atoms with Gasteiger partial charge in [0.2, 0.25) is 0 Å². The molecule has 1 aromatic carbocycles. The predicted molar refractivity (Wildman–Crippen MR) is 92.9 cm³/mol. The Morgan fingerprint density at radius 3 is 2.62 bits per heavy atom. The van der Waals surface area contributed by atoms with Gasteiger partial charge in [-0.05, 0) is 25.5 Å². The Morgan fingerprint density at radius 2 is 2.00 bits per heavy atom. The highest BCUT2D eigenvalue weighted by atomic mass is 35.5. The van der Waals surface area contributed by atoms with Crippen LogP contribution in [-0.4, -0.2) is 38.1 Å². The maximum absolute atomic E-state index is 12.3. The second-order valence-electron chi connectivity index (χ2n) is 6.26. The summed E-state index contributed by atoms with van der Waals surface area (Å²) in [4.78, 5) is 25.2. The summed E-state index contributed by atoms with van der Waals surface area (Å²) in [5, 5.41) is 3.66. The summed E-state index contributed by atoms with van der Waals surface area (Å²) < 4.78 is 5.07. The van der Waals surface area contributed by atoms with E-state index in [4.69, 9.17) is 16.3 Å². The third-order valence-electron chi connectivity index (χ3n) is 4.47. The van der Waals surface area contributed by atoms with Gasteiger partial charge in [0.1, 0.15) is 0 Å². The number of ether oxygens (including phenoxy) is 1. The smallest absolute Gasteiger partial charge is 0.309 e. The number of rotatable bonds is 6. The zero-order valence-electron chi connectivity index (χ0n) is 14.3. The molecule has 132 valence electrons. The quantitative estimate of drug-likeness (QED) is 0.759. The normalized spacial score (nSPS) is 21.8. The Balaban J connectivity index is 1.77. The monoisotopic (exact) mass is 353 g/mol. The van der Waals surface area contributed by atoms with E-state index in [9.17, 15) is 9.59 Å². The molecule has 24 heavy (non-hydrogen) atoms. The number of hydrogen-bond acceptors (Lipinski definition) is 3. The molecule has 0 radical (unpaired) electrons. The number of halogens is 1. The number of quaternary nitrogens is 1. The molecule has 1 aromatic rings. The van der Waals surface area contributed by atoms with Crippen LogP contribution >= 0.6 is 11.6 Å². The largest absolute Gasteiger partial charge is 0.466 e. The first kappa shape index (κ1) is 18.7. The van der Waals surface area contributed by atoms with Gasteiger partial charge >= 0.3 is 5.97 Å². The van der Waals surface area contributed by atoms with Crippen LogP contribution < -0.4 is 10.2 Å². The van der Waals surface area contributed by atoms with Gasteiger partial charge in [0.05, 0.1) is 31.7 Å². The van der Waals surface area contributed by atoms with Crippen molar-refractivity contribution in [2.45, 2.75) is 32.7 Å². The summed E-state index contributed by atoms with van der Waals surface area (Å²) in [6.45, 7) is 6.23. The Hall–Kier alpha value is -1.59. The van der Waals surface area contributed by atoms with Gasteiger partial charge in [-0.3, -0.25) is 9.59 Å². The molecule has 0 unspecified atom stereocenters.